The predicted molar refractivity (Wildman–Crippen MR) is 77.5 cm³/mol. The second-order valence-electron chi connectivity index (χ2n) is 4.78. The van der Waals surface area contributed by atoms with Crippen LogP contribution in [0.5, 0.6) is 0 Å². The summed E-state index contributed by atoms with van der Waals surface area (Å²) in [5, 5.41) is 6.85. The van der Waals surface area contributed by atoms with E-state index in [0.717, 1.165) is 31.6 Å². The Labute approximate surface area is 119 Å². The lowest BCUT2D eigenvalue weighted by Crippen LogP contribution is -2.42. The van der Waals surface area contributed by atoms with Crippen LogP contribution in [-0.2, 0) is 4.79 Å². The topological polar surface area (TPSA) is 41.1 Å². The summed E-state index contributed by atoms with van der Waals surface area (Å²) in [6.07, 6.45) is 1.75. The molecular weight excluding hydrogens is 271 g/mol. The maximum atomic E-state index is 12.2. The summed E-state index contributed by atoms with van der Waals surface area (Å²) in [5.41, 5.74) is 0.496. The largest absolute Gasteiger partial charge is 0.326 e. The number of amides is 1. The van der Waals surface area contributed by atoms with Crippen molar-refractivity contribution in [2.24, 2.45) is 5.41 Å². The Morgan fingerprint density at radius 1 is 1.39 bits per heavy atom. The van der Waals surface area contributed by atoms with E-state index in [1.807, 2.05) is 19.1 Å². The van der Waals surface area contributed by atoms with E-state index in [-0.39, 0.29) is 23.7 Å². The van der Waals surface area contributed by atoms with Crippen molar-refractivity contribution in [2.45, 2.75) is 19.8 Å². The molecule has 0 aromatic heterocycles. The van der Waals surface area contributed by atoms with Crippen LogP contribution < -0.4 is 10.6 Å². The van der Waals surface area contributed by atoms with Crippen molar-refractivity contribution < 1.29 is 4.79 Å². The summed E-state index contributed by atoms with van der Waals surface area (Å²) in [4.78, 5) is 12.2. The number of halogens is 2. The average Bonchev–Trinajstić information content (AvgIpc) is 2.30. The number of hydrogen-bond acceptors (Lipinski definition) is 2. The second-order valence-corrected chi connectivity index (χ2v) is 5.21. The third-order valence-corrected chi connectivity index (χ3v) is 3.57. The standard InChI is InChI=1S/C13H17ClN2O.ClH/c1-13(5-7-15-8-6-13)12(17)16-11-4-2-3-10(14)9-11;/h2-4,9,15H,5-8H2,1H3,(H,16,17);1H. The number of nitrogens with one attached hydrogen (secondary N) is 2. The minimum atomic E-state index is -0.270. The van der Waals surface area contributed by atoms with E-state index >= 15 is 0 Å². The number of carbonyl (C=O) groups excluding carboxylic acids is 1. The van der Waals surface area contributed by atoms with Crippen molar-refractivity contribution in [1.29, 1.82) is 0 Å². The summed E-state index contributed by atoms with van der Waals surface area (Å²) in [6.45, 7) is 3.83. The summed E-state index contributed by atoms with van der Waals surface area (Å²) in [6, 6.07) is 7.25. The summed E-state index contributed by atoms with van der Waals surface area (Å²) in [7, 11) is 0. The number of benzene rings is 1. The molecule has 0 radical (unpaired) electrons. The molecule has 0 aliphatic carbocycles. The molecule has 1 heterocycles. The minimum absolute atomic E-state index is 0. The van der Waals surface area contributed by atoms with E-state index in [1.54, 1.807) is 12.1 Å². The van der Waals surface area contributed by atoms with Crippen molar-refractivity contribution in [3.63, 3.8) is 0 Å². The van der Waals surface area contributed by atoms with Gasteiger partial charge in [0.15, 0.2) is 0 Å². The summed E-state index contributed by atoms with van der Waals surface area (Å²) < 4.78 is 0. The Morgan fingerprint density at radius 3 is 2.67 bits per heavy atom. The molecule has 1 aliphatic rings. The molecule has 0 atom stereocenters. The highest BCUT2D eigenvalue weighted by Gasteiger charge is 2.34. The SMILES string of the molecule is CC1(C(=O)Nc2cccc(Cl)c2)CCNCC1.Cl. The predicted octanol–water partition coefficient (Wildman–Crippen LogP) is 3.09. The zero-order chi connectivity index (χ0) is 12.3. The monoisotopic (exact) mass is 288 g/mol. The first kappa shape index (κ1) is 15.3. The van der Waals surface area contributed by atoms with Gasteiger partial charge in [-0.1, -0.05) is 24.6 Å². The Morgan fingerprint density at radius 2 is 2.06 bits per heavy atom. The normalized spacial score (nSPS) is 17.7. The molecule has 1 aromatic rings. The molecule has 3 nitrogen and oxygen atoms in total. The van der Waals surface area contributed by atoms with E-state index in [9.17, 15) is 4.79 Å². The van der Waals surface area contributed by atoms with Crippen LogP contribution in [0.4, 0.5) is 5.69 Å². The lowest BCUT2D eigenvalue weighted by molar-refractivity contribution is -0.126. The minimum Gasteiger partial charge on any atom is -0.326 e. The molecule has 5 heteroatoms. The van der Waals surface area contributed by atoms with Crippen molar-refractivity contribution in [2.75, 3.05) is 18.4 Å². The molecule has 0 unspecified atom stereocenters. The van der Waals surface area contributed by atoms with Crippen LogP contribution in [0.25, 0.3) is 0 Å². The van der Waals surface area contributed by atoms with Crippen LogP contribution in [-0.4, -0.2) is 19.0 Å². The highest BCUT2D eigenvalue weighted by Crippen LogP contribution is 2.29. The maximum absolute atomic E-state index is 12.2. The van der Waals surface area contributed by atoms with Crippen molar-refractivity contribution in [3.8, 4) is 0 Å². The summed E-state index contributed by atoms with van der Waals surface area (Å²) >= 11 is 5.89. The van der Waals surface area contributed by atoms with Gasteiger partial charge in [-0.15, -0.1) is 12.4 Å². The molecule has 0 bridgehead atoms. The molecule has 1 fully saturated rings. The molecule has 18 heavy (non-hydrogen) atoms. The quantitative estimate of drug-likeness (QED) is 0.878. The first-order chi connectivity index (χ1) is 8.10. The third-order valence-electron chi connectivity index (χ3n) is 3.34. The average molecular weight is 289 g/mol. The number of anilines is 1. The van der Waals surface area contributed by atoms with Gasteiger partial charge in [0.2, 0.25) is 5.91 Å². The van der Waals surface area contributed by atoms with Crippen LogP contribution in [0, 0.1) is 5.41 Å². The number of carbonyl (C=O) groups is 1. The first-order valence-electron chi connectivity index (χ1n) is 5.88. The second kappa shape index (κ2) is 6.41. The van der Waals surface area contributed by atoms with Gasteiger partial charge in [0.05, 0.1) is 0 Å². The van der Waals surface area contributed by atoms with Gasteiger partial charge in [0.1, 0.15) is 0 Å². The van der Waals surface area contributed by atoms with Gasteiger partial charge in [0.25, 0.3) is 0 Å². The lowest BCUT2D eigenvalue weighted by atomic mass is 9.80. The van der Waals surface area contributed by atoms with Crippen molar-refractivity contribution >= 4 is 35.6 Å². The Balaban J connectivity index is 0.00000162. The third kappa shape index (κ3) is 3.61. The fraction of sp³-hybridized carbons (Fsp3) is 0.462. The number of hydrogen-bond donors (Lipinski definition) is 2. The van der Waals surface area contributed by atoms with Crippen LogP contribution >= 0.6 is 24.0 Å². The molecule has 100 valence electrons. The van der Waals surface area contributed by atoms with E-state index < -0.39 is 0 Å². The van der Waals surface area contributed by atoms with Gasteiger partial charge in [-0.25, -0.2) is 0 Å². The van der Waals surface area contributed by atoms with E-state index in [2.05, 4.69) is 10.6 Å². The van der Waals surface area contributed by atoms with Gasteiger partial charge >= 0.3 is 0 Å². The molecular formula is C13H18Cl2N2O. The fourth-order valence-electron chi connectivity index (χ4n) is 2.05. The molecule has 1 aliphatic heterocycles. The van der Waals surface area contributed by atoms with Gasteiger partial charge in [-0.05, 0) is 44.1 Å². The van der Waals surface area contributed by atoms with E-state index in [1.165, 1.54) is 0 Å². The van der Waals surface area contributed by atoms with Gasteiger partial charge in [0, 0.05) is 16.1 Å². The highest BCUT2D eigenvalue weighted by atomic mass is 35.5. The lowest BCUT2D eigenvalue weighted by Gasteiger charge is -2.32. The Hall–Kier alpha value is -0.770. The zero-order valence-electron chi connectivity index (χ0n) is 10.3. The van der Waals surface area contributed by atoms with Crippen molar-refractivity contribution in [3.05, 3.63) is 29.3 Å². The van der Waals surface area contributed by atoms with Gasteiger partial charge in [-0.2, -0.15) is 0 Å². The van der Waals surface area contributed by atoms with E-state index in [0.29, 0.717) is 5.02 Å². The number of piperidine rings is 1. The highest BCUT2D eigenvalue weighted by molar-refractivity contribution is 6.30. The molecule has 1 saturated heterocycles. The molecule has 2 rings (SSSR count). The van der Waals surface area contributed by atoms with Crippen LogP contribution in [0.1, 0.15) is 19.8 Å². The van der Waals surface area contributed by atoms with Crippen LogP contribution in [0.2, 0.25) is 5.02 Å². The Bertz CT molecular complexity index is 417. The molecule has 0 saturated carbocycles. The fourth-order valence-corrected chi connectivity index (χ4v) is 2.24. The zero-order valence-corrected chi connectivity index (χ0v) is 11.9. The molecule has 2 N–H and O–H groups in total. The molecule has 1 amide bonds. The smallest absolute Gasteiger partial charge is 0.230 e. The van der Waals surface area contributed by atoms with Crippen molar-refractivity contribution in [1.82, 2.24) is 5.32 Å². The van der Waals surface area contributed by atoms with Gasteiger partial charge < -0.3 is 10.6 Å². The van der Waals surface area contributed by atoms with E-state index in [4.69, 9.17) is 11.6 Å². The first-order valence-corrected chi connectivity index (χ1v) is 6.26. The Kier molecular flexibility index (Phi) is 5.45. The molecule has 1 aromatic carbocycles. The van der Waals surface area contributed by atoms with Gasteiger partial charge in [-0.3, -0.25) is 4.79 Å². The number of rotatable bonds is 2. The summed E-state index contributed by atoms with van der Waals surface area (Å²) in [5.74, 6) is 0.0845. The maximum Gasteiger partial charge on any atom is 0.230 e. The molecule has 0 spiro atoms. The van der Waals surface area contributed by atoms with Crippen LogP contribution in [0.15, 0.2) is 24.3 Å². The van der Waals surface area contributed by atoms with Crippen LogP contribution in [0.3, 0.4) is 0 Å².